The van der Waals surface area contributed by atoms with Crippen molar-refractivity contribution >= 4 is 35.3 Å². The number of anilines is 3. The maximum Gasteiger partial charge on any atom is 0.418 e. The van der Waals surface area contributed by atoms with Gasteiger partial charge >= 0.3 is 6.18 Å². The molecule has 0 radical (unpaired) electrons. The highest BCUT2D eigenvalue weighted by molar-refractivity contribution is 8.00. The number of benzene rings is 1. The number of nitrogens with zero attached hydrogens (tertiary/aromatic N) is 3. The number of hydrogen-bond donors (Lipinski definition) is 3. The number of alkyl halides is 3. The number of thioether (sulfide) groups is 1. The van der Waals surface area contributed by atoms with E-state index in [4.69, 9.17) is 11.5 Å². The highest BCUT2D eigenvalue weighted by atomic mass is 32.2. The van der Waals surface area contributed by atoms with Crippen LogP contribution in [-0.4, -0.2) is 26.1 Å². The number of para-hydroxylation sites is 1. The summed E-state index contributed by atoms with van der Waals surface area (Å²) < 4.78 is 38.8. The second-order valence-electron chi connectivity index (χ2n) is 4.63. The number of amides is 1. The first-order valence-corrected chi connectivity index (χ1v) is 7.45. The molecule has 1 atom stereocenters. The number of aromatic nitrogens is 3. The van der Waals surface area contributed by atoms with E-state index in [-0.39, 0.29) is 22.7 Å². The lowest BCUT2D eigenvalue weighted by Gasteiger charge is -2.15. The summed E-state index contributed by atoms with van der Waals surface area (Å²) in [7, 11) is 0. The van der Waals surface area contributed by atoms with Crippen LogP contribution >= 0.6 is 11.8 Å². The van der Waals surface area contributed by atoms with Crippen molar-refractivity contribution in [2.45, 2.75) is 23.5 Å². The van der Waals surface area contributed by atoms with E-state index in [9.17, 15) is 18.0 Å². The van der Waals surface area contributed by atoms with Crippen LogP contribution in [0.5, 0.6) is 0 Å². The van der Waals surface area contributed by atoms with Crippen LogP contribution in [0.2, 0.25) is 0 Å². The van der Waals surface area contributed by atoms with Gasteiger partial charge in [0.25, 0.3) is 0 Å². The quantitative estimate of drug-likeness (QED) is 0.716. The number of halogens is 3. The van der Waals surface area contributed by atoms with Gasteiger partial charge in [-0.3, -0.25) is 4.79 Å². The third-order valence-corrected chi connectivity index (χ3v) is 3.75. The van der Waals surface area contributed by atoms with E-state index in [0.29, 0.717) is 0 Å². The fraction of sp³-hybridized carbons (Fsp3) is 0.231. The minimum atomic E-state index is -4.57. The van der Waals surface area contributed by atoms with Crippen molar-refractivity contribution in [2.75, 3.05) is 16.8 Å². The number of nitrogens with two attached hydrogens (primary N) is 2. The second kappa shape index (κ2) is 6.91. The monoisotopic (exact) mass is 358 g/mol. The Kier molecular flexibility index (Phi) is 5.12. The van der Waals surface area contributed by atoms with E-state index in [1.807, 2.05) is 0 Å². The van der Waals surface area contributed by atoms with E-state index in [1.54, 1.807) is 0 Å². The van der Waals surface area contributed by atoms with Gasteiger partial charge in [-0.05, 0) is 19.1 Å². The van der Waals surface area contributed by atoms with E-state index in [0.717, 1.165) is 17.8 Å². The van der Waals surface area contributed by atoms with Gasteiger partial charge in [0.05, 0.1) is 16.5 Å². The molecule has 24 heavy (non-hydrogen) atoms. The Balaban J connectivity index is 2.12. The molecule has 0 aliphatic rings. The molecule has 0 aliphatic carbocycles. The Bertz CT molecular complexity index is 734. The van der Waals surface area contributed by atoms with Gasteiger partial charge in [0.15, 0.2) is 5.16 Å². The van der Waals surface area contributed by atoms with Crippen LogP contribution in [0.15, 0.2) is 29.4 Å². The van der Waals surface area contributed by atoms with Gasteiger partial charge in [0.2, 0.25) is 17.8 Å². The Labute approximate surface area is 139 Å². The Morgan fingerprint density at radius 2 is 1.75 bits per heavy atom. The van der Waals surface area contributed by atoms with Gasteiger partial charge < -0.3 is 16.8 Å². The molecule has 0 spiro atoms. The second-order valence-corrected chi connectivity index (χ2v) is 5.94. The highest BCUT2D eigenvalue weighted by Crippen LogP contribution is 2.35. The topological polar surface area (TPSA) is 120 Å². The molecule has 0 aliphatic heterocycles. The molecule has 0 fully saturated rings. The normalized spacial score (nSPS) is 12.7. The fourth-order valence-corrected chi connectivity index (χ4v) is 2.50. The van der Waals surface area contributed by atoms with Gasteiger partial charge in [-0.2, -0.15) is 28.1 Å². The van der Waals surface area contributed by atoms with E-state index in [2.05, 4.69) is 20.3 Å². The predicted molar refractivity (Wildman–Crippen MR) is 84.0 cm³/mol. The molecule has 2 rings (SSSR count). The lowest BCUT2D eigenvalue weighted by Crippen LogP contribution is -2.24. The van der Waals surface area contributed by atoms with Crippen molar-refractivity contribution in [3.8, 4) is 0 Å². The molecular formula is C13H13F3N6OS. The van der Waals surface area contributed by atoms with Crippen LogP contribution in [0.25, 0.3) is 0 Å². The lowest BCUT2D eigenvalue weighted by atomic mass is 10.1. The van der Waals surface area contributed by atoms with Gasteiger partial charge in [-0.1, -0.05) is 23.9 Å². The zero-order valence-electron chi connectivity index (χ0n) is 12.3. The Hall–Kier alpha value is -2.56. The van der Waals surface area contributed by atoms with E-state index < -0.39 is 22.9 Å². The molecule has 128 valence electrons. The number of nitrogens with one attached hydrogen (secondary N) is 1. The maximum absolute atomic E-state index is 12.9. The zero-order valence-corrected chi connectivity index (χ0v) is 13.1. The summed E-state index contributed by atoms with van der Waals surface area (Å²) in [6.45, 7) is 1.49. The van der Waals surface area contributed by atoms with Gasteiger partial charge in [0, 0.05) is 0 Å². The molecule has 1 aromatic carbocycles. The third-order valence-electron chi connectivity index (χ3n) is 2.79. The summed E-state index contributed by atoms with van der Waals surface area (Å²) in [5.74, 6) is -0.866. The van der Waals surface area contributed by atoms with Gasteiger partial charge in [-0.25, -0.2) is 0 Å². The lowest BCUT2D eigenvalue weighted by molar-refractivity contribution is -0.137. The van der Waals surface area contributed by atoms with Crippen LogP contribution in [0.4, 0.5) is 30.8 Å². The summed E-state index contributed by atoms with van der Waals surface area (Å²) >= 11 is 0.897. The average Bonchev–Trinajstić information content (AvgIpc) is 2.45. The number of rotatable bonds is 4. The average molecular weight is 358 g/mol. The summed E-state index contributed by atoms with van der Waals surface area (Å²) in [6, 6.07) is 4.71. The first-order valence-electron chi connectivity index (χ1n) is 6.57. The van der Waals surface area contributed by atoms with Crippen molar-refractivity contribution in [3.63, 3.8) is 0 Å². The predicted octanol–water partition coefficient (Wildman–Crippen LogP) is 2.17. The SMILES string of the molecule is C[C@H](Sc1nc(N)nc(N)n1)C(=O)Nc1ccccc1C(F)(F)F. The van der Waals surface area contributed by atoms with Gasteiger partial charge in [0.1, 0.15) is 0 Å². The number of hydrogen-bond acceptors (Lipinski definition) is 7. The molecule has 0 saturated carbocycles. The molecular weight excluding hydrogens is 345 g/mol. The summed E-state index contributed by atoms with van der Waals surface area (Å²) in [4.78, 5) is 23.3. The van der Waals surface area contributed by atoms with Crippen molar-refractivity contribution in [1.82, 2.24) is 15.0 Å². The molecule has 0 bridgehead atoms. The first-order chi connectivity index (χ1) is 11.2. The minimum absolute atomic E-state index is 0.103. The zero-order chi connectivity index (χ0) is 17.9. The van der Waals surface area contributed by atoms with Crippen LogP contribution < -0.4 is 16.8 Å². The molecule has 7 nitrogen and oxygen atoms in total. The van der Waals surface area contributed by atoms with Crippen LogP contribution in [0, 0.1) is 0 Å². The maximum atomic E-state index is 12.9. The van der Waals surface area contributed by atoms with Crippen molar-refractivity contribution in [3.05, 3.63) is 29.8 Å². The fourth-order valence-electron chi connectivity index (χ4n) is 1.73. The van der Waals surface area contributed by atoms with Crippen LogP contribution in [0.1, 0.15) is 12.5 Å². The Morgan fingerprint density at radius 3 is 2.33 bits per heavy atom. The highest BCUT2D eigenvalue weighted by Gasteiger charge is 2.34. The standard InChI is InChI=1S/C13H13F3N6OS/c1-6(24-12-21-10(17)20-11(18)22-12)9(23)19-8-5-3-2-4-7(8)13(14,15)16/h2-6H,1H3,(H,19,23)(H4,17,18,20,21,22)/t6-/m0/s1. The number of carbonyl (C=O) groups excluding carboxylic acids is 1. The molecule has 0 saturated heterocycles. The largest absolute Gasteiger partial charge is 0.418 e. The molecule has 5 N–H and O–H groups in total. The molecule has 1 amide bonds. The first kappa shape index (κ1) is 17.8. The smallest absolute Gasteiger partial charge is 0.368 e. The molecule has 0 unspecified atom stereocenters. The van der Waals surface area contributed by atoms with Crippen molar-refractivity contribution < 1.29 is 18.0 Å². The number of carbonyl (C=O) groups is 1. The van der Waals surface area contributed by atoms with Gasteiger partial charge in [-0.15, -0.1) is 0 Å². The summed E-state index contributed by atoms with van der Waals surface area (Å²) in [5.41, 5.74) is 9.59. The summed E-state index contributed by atoms with van der Waals surface area (Å²) in [5, 5.41) is 1.57. The van der Waals surface area contributed by atoms with E-state index >= 15 is 0 Å². The molecule has 1 aromatic heterocycles. The van der Waals surface area contributed by atoms with Crippen LogP contribution in [-0.2, 0) is 11.0 Å². The van der Waals surface area contributed by atoms with Crippen molar-refractivity contribution in [2.24, 2.45) is 0 Å². The van der Waals surface area contributed by atoms with Crippen molar-refractivity contribution in [1.29, 1.82) is 0 Å². The van der Waals surface area contributed by atoms with Crippen LogP contribution in [0.3, 0.4) is 0 Å². The summed E-state index contributed by atoms with van der Waals surface area (Å²) in [6.07, 6.45) is -4.57. The molecule has 11 heteroatoms. The molecule has 1 heterocycles. The third kappa shape index (κ3) is 4.47. The van der Waals surface area contributed by atoms with E-state index in [1.165, 1.54) is 25.1 Å². The minimum Gasteiger partial charge on any atom is -0.368 e. The number of nitrogen functional groups attached to an aromatic ring is 2. The molecule has 2 aromatic rings. The Morgan fingerprint density at radius 1 is 1.17 bits per heavy atom.